The van der Waals surface area contributed by atoms with E-state index in [0.717, 1.165) is 28.8 Å². The van der Waals surface area contributed by atoms with Crippen molar-refractivity contribution in [1.82, 2.24) is 0 Å². The summed E-state index contributed by atoms with van der Waals surface area (Å²) < 4.78 is 50.5. The van der Waals surface area contributed by atoms with Crippen LogP contribution in [0.25, 0.3) is 6.08 Å². The Hall–Kier alpha value is -4.23. The van der Waals surface area contributed by atoms with Gasteiger partial charge in [-0.2, -0.15) is 13.2 Å². The van der Waals surface area contributed by atoms with Crippen LogP contribution in [0.5, 0.6) is 11.5 Å². The molecule has 200 valence electrons. The molecule has 1 fully saturated rings. The first-order chi connectivity index (χ1) is 18.5. The van der Waals surface area contributed by atoms with Crippen molar-refractivity contribution in [2.45, 2.75) is 13.1 Å². The molecular weight excluding hydrogens is 557 g/mol. The third-order valence-electron chi connectivity index (χ3n) is 5.31. The lowest BCUT2D eigenvalue weighted by Gasteiger charge is -2.16. The number of non-ortho nitro benzene ring substituents is 1. The number of nitrogens with zero attached hydrogens (tertiary/aromatic N) is 2. The normalized spacial score (nSPS) is 14.6. The van der Waals surface area contributed by atoms with Crippen LogP contribution in [0, 0.1) is 10.1 Å². The van der Waals surface area contributed by atoms with Crippen molar-refractivity contribution in [3.63, 3.8) is 0 Å². The van der Waals surface area contributed by atoms with Crippen LogP contribution in [0.15, 0.2) is 71.6 Å². The van der Waals surface area contributed by atoms with Gasteiger partial charge in [-0.3, -0.25) is 19.8 Å². The Labute approximate surface area is 229 Å². The minimum atomic E-state index is -4.58. The first-order valence-electron chi connectivity index (χ1n) is 11.2. The molecule has 4 rings (SSSR count). The number of alkyl halides is 3. The molecule has 0 aliphatic carbocycles. The van der Waals surface area contributed by atoms with Gasteiger partial charge >= 0.3 is 12.1 Å². The molecule has 1 amide bonds. The van der Waals surface area contributed by atoms with Crippen LogP contribution in [0.4, 0.5) is 24.5 Å². The van der Waals surface area contributed by atoms with Gasteiger partial charge in [0.15, 0.2) is 15.8 Å². The zero-order chi connectivity index (χ0) is 28.3. The number of carbonyl (C=O) groups excluding carboxylic acids is 2. The number of anilines is 1. The van der Waals surface area contributed by atoms with Gasteiger partial charge in [0.25, 0.3) is 11.6 Å². The summed E-state index contributed by atoms with van der Waals surface area (Å²) in [6, 6.07) is 13.7. The van der Waals surface area contributed by atoms with E-state index in [0.29, 0.717) is 5.56 Å². The SMILES string of the molecule is CCOc1cc(/C=C2/SC(=S)N(c3cccc(C(F)(F)F)c3)C2=O)ccc1OC(=O)c1ccc([N+](=O)[O-])cc1. The number of halogens is 3. The number of thioether (sulfide) groups is 1. The molecule has 1 aliphatic rings. The Morgan fingerprint density at radius 3 is 2.46 bits per heavy atom. The van der Waals surface area contributed by atoms with Gasteiger partial charge in [-0.1, -0.05) is 36.1 Å². The molecule has 0 aromatic heterocycles. The predicted molar refractivity (Wildman–Crippen MR) is 143 cm³/mol. The van der Waals surface area contributed by atoms with Gasteiger partial charge in [0.05, 0.1) is 33.2 Å². The molecule has 3 aromatic carbocycles. The molecule has 0 atom stereocenters. The average Bonchev–Trinajstić information content (AvgIpc) is 3.17. The molecule has 0 spiro atoms. The highest BCUT2D eigenvalue weighted by molar-refractivity contribution is 8.27. The summed E-state index contributed by atoms with van der Waals surface area (Å²) in [4.78, 5) is 37.0. The van der Waals surface area contributed by atoms with Crippen molar-refractivity contribution >= 4 is 57.6 Å². The van der Waals surface area contributed by atoms with E-state index < -0.39 is 28.5 Å². The molecule has 8 nitrogen and oxygen atoms in total. The van der Waals surface area contributed by atoms with Crippen LogP contribution in [0.2, 0.25) is 0 Å². The number of amides is 1. The van der Waals surface area contributed by atoms with Gasteiger partial charge in [0, 0.05) is 12.1 Å². The smallest absolute Gasteiger partial charge is 0.416 e. The zero-order valence-electron chi connectivity index (χ0n) is 19.9. The van der Waals surface area contributed by atoms with Gasteiger partial charge in [-0.25, -0.2) is 4.79 Å². The summed E-state index contributed by atoms with van der Waals surface area (Å²) in [6.07, 6.45) is -3.08. The highest BCUT2D eigenvalue weighted by atomic mass is 32.2. The van der Waals surface area contributed by atoms with E-state index in [4.69, 9.17) is 21.7 Å². The average molecular weight is 575 g/mol. The maximum Gasteiger partial charge on any atom is 0.416 e. The second kappa shape index (κ2) is 11.3. The summed E-state index contributed by atoms with van der Waals surface area (Å²) in [5.41, 5.74) is -0.509. The van der Waals surface area contributed by atoms with E-state index in [1.807, 2.05) is 0 Å². The topological polar surface area (TPSA) is 99.0 Å². The predicted octanol–water partition coefficient (Wildman–Crippen LogP) is 6.64. The maximum atomic E-state index is 13.1. The highest BCUT2D eigenvalue weighted by Crippen LogP contribution is 2.39. The van der Waals surface area contributed by atoms with Crippen molar-refractivity contribution in [2.75, 3.05) is 11.5 Å². The Morgan fingerprint density at radius 1 is 1.10 bits per heavy atom. The number of rotatable bonds is 7. The third kappa shape index (κ3) is 6.26. The lowest BCUT2D eigenvalue weighted by Crippen LogP contribution is -2.27. The van der Waals surface area contributed by atoms with Crippen molar-refractivity contribution in [3.05, 3.63) is 98.4 Å². The van der Waals surface area contributed by atoms with E-state index >= 15 is 0 Å². The lowest BCUT2D eigenvalue weighted by atomic mass is 10.1. The van der Waals surface area contributed by atoms with E-state index in [1.165, 1.54) is 54.6 Å². The molecule has 3 aromatic rings. The Balaban J connectivity index is 1.57. The Morgan fingerprint density at radius 2 is 1.82 bits per heavy atom. The fraction of sp³-hybridized carbons (Fsp3) is 0.115. The van der Waals surface area contributed by atoms with Gasteiger partial charge < -0.3 is 9.47 Å². The Bertz CT molecular complexity index is 1510. The fourth-order valence-corrected chi connectivity index (χ4v) is 4.81. The van der Waals surface area contributed by atoms with Crippen molar-refractivity contribution in [2.24, 2.45) is 0 Å². The van der Waals surface area contributed by atoms with Crippen LogP contribution in [-0.4, -0.2) is 27.7 Å². The summed E-state index contributed by atoms with van der Waals surface area (Å²) in [5, 5.41) is 10.8. The first kappa shape index (κ1) is 27.8. The van der Waals surface area contributed by atoms with E-state index in [-0.39, 0.29) is 44.3 Å². The number of nitro benzene ring substituents is 1. The van der Waals surface area contributed by atoms with Gasteiger partial charge in [0.1, 0.15) is 0 Å². The van der Waals surface area contributed by atoms with E-state index in [9.17, 15) is 32.9 Å². The minimum absolute atomic E-state index is 0.000709. The molecule has 0 N–H and O–H groups in total. The molecule has 13 heteroatoms. The number of hydrogen-bond acceptors (Lipinski definition) is 8. The van der Waals surface area contributed by atoms with Gasteiger partial charge in [-0.05, 0) is 61.0 Å². The number of esters is 1. The monoisotopic (exact) mass is 574 g/mol. The molecule has 0 radical (unpaired) electrons. The molecule has 1 saturated heterocycles. The van der Waals surface area contributed by atoms with Crippen molar-refractivity contribution < 1.29 is 37.2 Å². The summed E-state index contributed by atoms with van der Waals surface area (Å²) in [5.74, 6) is -1.08. The standard InChI is InChI=1S/C26H17F3N2O6S2/c1-2-36-21-12-15(6-11-20(21)37-24(33)16-7-9-18(10-8-16)31(34)35)13-22-23(32)30(25(38)39-22)19-5-3-4-17(14-19)26(27,28)29/h3-14H,2H2,1H3/b22-13+. The fourth-order valence-electron chi connectivity index (χ4n) is 3.51. The number of benzene rings is 3. The lowest BCUT2D eigenvalue weighted by molar-refractivity contribution is -0.384. The molecule has 0 unspecified atom stereocenters. The largest absolute Gasteiger partial charge is 0.490 e. The zero-order valence-corrected chi connectivity index (χ0v) is 21.6. The molecule has 0 bridgehead atoms. The van der Waals surface area contributed by atoms with Crippen molar-refractivity contribution in [1.29, 1.82) is 0 Å². The van der Waals surface area contributed by atoms with Crippen LogP contribution in [-0.2, 0) is 11.0 Å². The Kier molecular flexibility index (Phi) is 8.02. The molecule has 1 aliphatic heterocycles. The molecule has 1 heterocycles. The number of hydrogen-bond donors (Lipinski definition) is 0. The van der Waals surface area contributed by atoms with E-state index in [2.05, 4.69) is 0 Å². The third-order valence-corrected chi connectivity index (χ3v) is 6.61. The number of ether oxygens (including phenoxy) is 2. The van der Waals surface area contributed by atoms with Crippen molar-refractivity contribution in [3.8, 4) is 11.5 Å². The minimum Gasteiger partial charge on any atom is -0.490 e. The first-order valence-corrected chi connectivity index (χ1v) is 12.4. The van der Waals surface area contributed by atoms with Crippen LogP contribution in [0.3, 0.4) is 0 Å². The number of thiocarbonyl (C=S) groups is 1. The van der Waals surface area contributed by atoms with Crippen LogP contribution >= 0.6 is 24.0 Å². The second-order valence-corrected chi connectivity index (χ2v) is 9.57. The quantitative estimate of drug-likeness (QED) is 0.0774. The van der Waals surface area contributed by atoms with Gasteiger partial charge in [0.2, 0.25) is 0 Å². The van der Waals surface area contributed by atoms with Gasteiger partial charge in [-0.15, -0.1) is 0 Å². The van der Waals surface area contributed by atoms with E-state index in [1.54, 1.807) is 13.0 Å². The number of nitro groups is 1. The number of carbonyl (C=O) groups is 2. The summed E-state index contributed by atoms with van der Waals surface area (Å²) in [7, 11) is 0. The molecule has 0 saturated carbocycles. The summed E-state index contributed by atoms with van der Waals surface area (Å²) >= 11 is 6.19. The second-order valence-electron chi connectivity index (χ2n) is 7.90. The molecular formula is C26H17F3N2O6S2. The molecule has 39 heavy (non-hydrogen) atoms. The van der Waals surface area contributed by atoms with Crippen LogP contribution < -0.4 is 14.4 Å². The summed E-state index contributed by atoms with van der Waals surface area (Å²) in [6.45, 7) is 1.94. The van der Waals surface area contributed by atoms with Crippen LogP contribution in [0.1, 0.15) is 28.4 Å². The maximum absolute atomic E-state index is 13.1. The highest BCUT2D eigenvalue weighted by Gasteiger charge is 2.36.